The summed E-state index contributed by atoms with van der Waals surface area (Å²) in [7, 11) is 1.44. The minimum Gasteiger partial charge on any atom is -0.465 e. The molecule has 0 spiro atoms. The highest BCUT2D eigenvalue weighted by molar-refractivity contribution is 5.69. The van der Waals surface area contributed by atoms with Gasteiger partial charge >= 0.3 is 11.7 Å². The summed E-state index contributed by atoms with van der Waals surface area (Å²) in [5.41, 5.74) is 4.02. The fraction of sp³-hybridized carbons (Fsp3) is 0.444. The third-order valence-corrected chi connectivity index (χ3v) is 1.95. The fourth-order valence-electron chi connectivity index (χ4n) is 1.23. The van der Waals surface area contributed by atoms with Crippen molar-refractivity contribution in [3.8, 4) is 0 Å². The van der Waals surface area contributed by atoms with Crippen LogP contribution < -0.4 is 17.0 Å². The number of aryl methyl sites for hydroxylation is 1. The van der Waals surface area contributed by atoms with Gasteiger partial charge in [-0.15, -0.1) is 0 Å². The molecule has 0 bridgehead atoms. The second-order valence-electron chi connectivity index (χ2n) is 3.17. The van der Waals surface area contributed by atoms with Crippen LogP contribution in [0.2, 0.25) is 0 Å². The van der Waals surface area contributed by atoms with Crippen molar-refractivity contribution in [2.24, 2.45) is 7.05 Å². The topological polar surface area (TPSA) is 96.3 Å². The average molecular weight is 227 g/mol. The third kappa shape index (κ3) is 2.30. The summed E-state index contributed by atoms with van der Waals surface area (Å²) in [6, 6.07) is 0. The summed E-state index contributed by atoms with van der Waals surface area (Å²) in [5.74, 6) is -0.646. The number of nitrogens with two attached hydrogens (primary N) is 1. The zero-order chi connectivity index (χ0) is 12.3. The van der Waals surface area contributed by atoms with E-state index in [9.17, 15) is 14.4 Å². The number of nitrogen functional groups attached to an aromatic ring is 1. The number of rotatable bonds is 3. The molecule has 0 radical (unpaired) electrons. The zero-order valence-corrected chi connectivity index (χ0v) is 9.10. The van der Waals surface area contributed by atoms with Crippen LogP contribution in [-0.4, -0.2) is 21.7 Å². The smallest absolute Gasteiger partial charge is 0.331 e. The molecule has 0 amide bonds. The molecule has 1 rings (SSSR count). The highest BCUT2D eigenvalue weighted by atomic mass is 16.5. The van der Waals surface area contributed by atoms with Crippen molar-refractivity contribution in [3.63, 3.8) is 0 Å². The summed E-state index contributed by atoms with van der Waals surface area (Å²) < 4.78 is 6.53. The van der Waals surface area contributed by atoms with E-state index in [2.05, 4.69) is 4.74 Å². The Balaban J connectivity index is 3.18. The lowest BCUT2D eigenvalue weighted by atomic mass is 10.5. The molecule has 0 aliphatic heterocycles. The third-order valence-electron chi connectivity index (χ3n) is 1.95. The van der Waals surface area contributed by atoms with E-state index in [0.29, 0.717) is 0 Å². The Kier molecular flexibility index (Phi) is 3.49. The minimum atomic E-state index is -0.684. The summed E-state index contributed by atoms with van der Waals surface area (Å²) in [6.45, 7) is 1.40. The van der Waals surface area contributed by atoms with Crippen LogP contribution in [0.15, 0.2) is 15.8 Å². The predicted molar refractivity (Wildman–Crippen MR) is 57.0 cm³/mol. The van der Waals surface area contributed by atoms with E-state index >= 15 is 0 Å². The molecule has 0 aliphatic carbocycles. The van der Waals surface area contributed by atoms with Gasteiger partial charge in [0.2, 0.25) is 0 Å². The van der Waals surface area contributed by atoms with E-state index in [4.69, 9.17) is 5.73 Å². The van der Waals surface area contributed by atoms with E-state index in [1.807, 2.05) is 0 Å². The van der Waals surface area contributed by atoms with Gasteiger partial charge in [-0.05, 0) is 6.92 Å². The molecule has 0 saturated heterocycles. The molecule has 7 nitrogen and oxygen atoms in total. The lowest BCUT2D eigenvalue weighted by molar-refractivity contribution is -0.143. The van der Waals surface area contributed by atoms with Crippen molar-refractivity contribution in [1.82, 2.24) is 9.13 Å². The molecular weight excluding hydrogens is 214 g/mol. The van der Waals surface area contributed by atoms with Crippen LogP contribution in [0.5, 0.6) is 0 Å². The van der Waals surface area contributed by atoms with Gasteiger partial charge < -0.3 is 15.0 Å². The van der Waals surface area contributed by atoms with Gasteiger partial charge in [-0.3, -0.25) is 9.59 Å². The van der Waals surface area contributed by atoms with Crippen molar-refractivity contribution in [2.45, 2.75) is 13.5 Å². The molecular formula is C9H13N3O4. The lowest BCUT2D eigenvalue weighted by Crippen LogP contribution is -2.41. The van der Waals surface area contributed by atoms with E-state index in [1.54, 1.807) is 6.92 Å². The summed E-state index contributed by atoms with van der Waals surface area (Å²) in [5, 5.41) is 0. The van der Waals surface area contributed by atoms with Crippen LogP contribution in [0.4, 0.5) is 5.69 Å². The molecule has 0 saturated carbocycles. The van der Waals surface area contributed by atoms with Gasteiger partial charge in [-0.25, -0.2) is 9.36 Å². The highest BCUT2D eigenvalue weighted by Crippen LogP contribution is 1.88. The minimum absolute atomic E-state index is 0.0913. The Morgan fingerprint density at radius 3 is 2.69 bits per heavy atom. The summed E-state index contributed by atoms with van der Waals surface area (Å²) >= 11 is 0. The molecule has 0 aliphatic rings. The first-order chi connectivity index (χ1) is 7.47. The van der Waals surface area contributed by atoms with Crippen molar-refractivity contribution >= 4 is 11.7 Å². The van der Waals surface area contributed by atoms with Gasteiger partial charge in [-0.2, -0.15) is 0 Å². The summed E-state index contributed by atoms with van der Waals surface area (Å²) in [6.07, 6.45) is 1.21. The van der Waals surface area contributed by atoms with Crippen LogP contribution in [-0.2, 0) is 23.1 Å². The SMILES string of the molecule is CCOC(=O)Cn1c(=O)c(N)cn(C)c1=O. The quantitative estimate of drug-likeness (QED) is 0.647. The van der Waals surface area contributed by atoms with Gasteiger partial charge in [0.25, 0.3) is 5.56 Å². The molecule has 88 valence electrons. The summed E-state index contributed by atoms with van der Waals surface area (Å²) in [4.78, 5) is 34.2. The van der Waals surface area contributed by atoms with Gasteiger partial charge in [-0.1, -0.05) is 0 Å². The number of nitrogens with zero attached hydrogens (tertiary/aromatic N) is 2. The molecule has 0 atom stereocenters. The first-order valence-corrected chi connectivity index (χ1v) is 4.69. The second-order valence-corrected chi connectivity index (χ2v) is 3.17. The molecule has 1 aromatic rings. The Morgan fingerprint density at radius 2 is 2.12 bits per heavy atom. The standard InChI is InChI=1S/C9H13N3O4/c1-3-16-7(13)5-12-8(14)6(10)4-11(2)9(12)15/h4H,3,5,10H2,1-2H3. The lowest BCUT2D eigenvalue weighted by Gasteiger charge is -2.07. The largest absolute Gasteiger partial charge is 0.465 e. The van der Waals surface area contributed by atoms with E-state index < -0.39 is 23.8 Å². The average Bonchev–Trinajstić information content (AvgIpc) is 2.22. The fourth-order valence-corrected chi connectivity index (χ4v) is 1.23. The number of anilines is 1. The van der Waals surface area contributed by atoms with Gasteiger partial charge in [0, 0.05) is 13.2 Å². The van der Waals surface area contributed by atoms with E-state index in [1.165, 1.54) is 13.2 Å². The second kappa shape index (κ2) is 4.65. The van der Waals surface area contributed by atoms with Crippen molar-refractivity contribution in [3.05, 3.63) is 27.0 Å². The molecule has 1 aromatic heterocycles. The van der Waals surface area contributed by atoms with Crippen LogP contribution in [0.3, 0.4) is 0 Å². The van der Waals surface area contributed by atoms with Crippen LogP contribution in [0.1, 0.15) is 6.92 Å². The molecule has 0 aromatic carbocycles. The maximum Gasteiger partial charge on any atom is 0.331 e. The molecule has 0 unspecified atom stereocenters. The highest BCUT2D eigenvalue weighted by Gasteiger charge is 2.11. The van der Waals surface area contributed by atoms with Gasteiger partial charge in [0.05, 0.1) is 6.61 Å². The van der Waals surface area contributed by atoms with Gasteiger partial charge in [0.1, 0.15) is 12.2 Å². The maximum absolute atomic E-state index is 11.5. The first-order valence-electron chi connectivity index (χ1n) is 4.69. The molecule has 0 fully saturated rings. The number of carbonyl (C=O) groups is 1. The number of hydrogen-bond acceptors (Lipinski definition) is 5. The number of hydrogen-bond donors (Lipinski definition) is 1. The molecule has 2 N–H and O–H groups in total. The molecule has 16 heavy (non-hydrogen) atoms. The molecule has 1 heterocycles. The zero-order valence-electron chi connectivity index (χ0n) is 9.10. The Morgan fingerprint density at radius 1 is 1.50 bits per heavy atom. The van der Waals surface area contributed by atoms with Crippen LogP contribution >= 0.6 is 0 Å². The van der Waals surface area contributed by atoms with Crippen molar-refractivity contribution in [1.29, 1.82) is 0 Å². The normalized spacial score (nSPS) is 10.1. The number of ether oxygens (including phenoxy) is 1. The Hall–Kier alpha value is -2.05. The van der Waals surface area contributed by atoms with Crippen LogP contribution in [0.25, 0.3) is 0 Å². The monoisotopic (exact) mass is 227 g/mol. The van der Waals surface area contributed by atoms with Gasteiger partial charge in [0.15, 0.2) is 0 Å². The number of esters is 1. The first kappa shape index (κ1) is 12.0. The Labute approximate surface area is 91.1 Å². The maximum atomic E-state index is 11.5. The van der Waals surface area contributed by atoms with Crippen LogP contribution in [0, 0.1) is 0 Å². The Bertz CT molecular complexity index is 480. The molecule has 7 heteroatoms. The predicted octanol–water partition coefficient (Wildman–Crippen LogP) is -1.31. The van der Waals surface area contributed by atoms with Crippen molar-refractivity contribution < 1.29 is 9.53 Å². The number of carbonyl (C=O) groups excluding carboxylic acids is 1. The van der Waals surface area contributed by atoms with E-state index in [-0.39, 0.29) is 12.3 Å². The number of aromatic nitrogens is 2. The van der Waals surface area contributed by atoms with Crippen molar-refractivity contribution in [2.75, 3.05) is 12.3 Å². The van der Waals surface area contributed by atoms with E-state index in [0.717, 1.165) is 9.13 Å².